The van der Waals surface area contributed by atoms with Crippen LogP contribution in [0, 0.1) is 23.2 Å². The van der Waals surface area contributed by atoms with E-state index in [0.717, 1.165) is 29.9 Å². The minimum atomic E-state index is 0.128. The van der Waals surface area contributed by atoms with Gasteiger partial charge in [0.05, 0.1) is 0 Å². The third-order valence-corrected chi connectivity index (χ3v) is 5.97. The molecule has 1 heterocycles. The Morgan fingerprint density at radius 2 is 1.75 bits per heavy atom. The Bertz CT molecular complexity index is 539. The van der Waals surface area contributed by atoms with Crippen LogP contribution in [0.5, 0.6) is 0 Å². The second-order valence-corrected chi connectivity index (χ2v) is 7.62. The summed E-state index contributed by atoms with van der Waals surface area (Å²) in [5, 5.41) is 0. The summed E-state index contributed by atoms with van der Waals surface area (Å²) >= 11 is 0. The molecule has 4 bridgehead atoms. The maximum Gasteiger partial charge on any atom is 0.250 e. The molecule has 0 aliphatic heterocycles. The van der Waals surface area contributed by atoms with Gasteiger partial charge in [-0.3, -0.25) is 4.79 Å². The zero-order valence-corrected chi connectivity index (χ0v) is 12.1. The summed E-state index contributed by atoms with van der Waals surface area (Å²) in [4.78, 5) is 12.2. The Morgan fingerprint density at radius 1 is 1.15 bits per heavy atom. The van der Waals surface area contributed by atoms with E-state index in [9.17, 15) is 4.79 Å². The summed E-state index contributed by atoms with van der Waals surface area (Å²) in [6.07, 6.45) is 10.4. The standard InChI is InChI=1S/C17H24N2O/c18-10-12-1-2-19(16(20)6-12)11-17-7-13-3-14(8-17)5-15(4-13)9-17/h1-2,6,13-15H,3-5,7-11,18H2. The largest absolute Gasteiger partial charge is 0.326 e. The van der Waals surface area contributed by atoms with Crippen molar-refractivity contribution in [2.24, 2.45) is 28.9 Å². The van der Waals surface area contributed by atoms with Crippen molar-refractivity contribution >= 4 is 0 Å². The molecule has 3 nitrogen and oxygen atoms in total. The fraction of sp³-hybridized carbons (Fsp3) is 0.706. The van der Waals surface area contributed by atoms with Crippen LogP contribution >= 0.6 is 0 Å². The molecule has 20 heavy (non-hydrogen) atoms. The van der Waals surface area contributed by atoms with Crippen molar-refractivity contribution < 1.29 is 0 Å². The average Bonchev–Trinajstić information content (AvgIpc) is 2.39. The van der Waals surface area contributed by atoms with Gasteiger partial charge in [0.15, 0.2) is 0 Å². The number of nitrogens with zero attached hydrogens (tertiary/aromatic N) is 1. The van der Waals surface area contributed by atoms with E-state index in [1.807, 2.05) is 16.8 Å². The van der Waals surface area contributed by atoms with Gasteiger partial charge in [-0.2, -0.15) is 0 Å². The lowest BCUT2D eigenvalue weighted by atomic mass is 9.49. The van der Waals surface area contributed by atoms with Crippen molar-refractivity contribution in [1.29, 1.82) is 0 Å². The fourth-order valence-corrected chi connectivity index (χ4v) is 5.65. The Balaban J connectivity index is 1.61. The first-order valence-corrected chi connectivity index (χ1v) is 8.05. The Hall–Kier alpha value is -1.09. The Kier molecular flexibility index (Phi) is 2.81. The lowest BCUT2D eigenvalue weighted by Gasteiger charge is -2.57. The Morgan fingerprint density at radius 3 is 2.25 bits per heavy atom. The SMILES string of the molecule is NCc1ccn(CC23CC4CC(CC(C4)C2)C3)c(=O)c1. The summed E-state index contributed by atoms with van der Waals surface area (Å²) in [5.41, 5.74) is 7.10. The van der Waals surface area contributed by atoms with Crippen LogP contribution in [0.15, 0.2) is 23.1 Å². The third kappa shape index (κ3) is 2.03. The molecular weight excluding hydrogens is 248 g/mol. The van der Waals surface area contributed by atoms with E-state index in [4.69, 9.17) is 5.73 Å². The Labute approximate surface area is 120 Å². The highest BCUT2D eigenvalue weighted by Crippen LogP contribution is 2.60. The van der Waals surface area contributed by atoms with E-state index in [-0.39, 0.29) is 5.56 Å². The number of aromatic nitrogens is 1. The number of nitrogens with two attached hydrogens (primary N) is 1. The molecule has 1 aromatic heterocycles. The lowest BCUT2D eigenvalue weighted by Crippen LogP contribution is -2.48. The van der Waals surface area contributed by atoms with Gasteiger partial charge in [0.1, 0.15) is 0 Å². The van der Waals surface area contributed by atoms with Crippen molar-refractivity contribution in [3.8, 4) is 0 Å². The van der Waals surface area contributed by atoms with Crippen molar-refractivity contribution in [3.63, 3.8) is 0 Å². The highest BCUT2D eigenvalue weighted by molar-refractivity contribution is 5.11. The van der Waals surface area contributed by atoms with Crippen molar-refractivity contribution in [1.82, 2.24) is 4.57 Å². The van der Waals surface area contributed by atoms with Crippen LogP contribution in [0.4, 0.5) is 0 Å². The molecule has 0 aromatic carbocycles. The van der Waals surface area contributed by atoms with Crippen LogP contribution in [-0.2, 0) is 13.1 Å². The highest BCUT2D eigenvalue weighted by Gasteiger charge is 2.50. The van der Waals surface area contributed by atoms with Crippen molar-refractivity contribution in [2.45, 2.75) is 51.6 Å². The average molecular weight is 272 g/mol. The molecule has 4 aliphatic carbocycles. The van der Waals surface area contributed by atoms with E-state index >= 15 is 0 Å². The molecule has 0 amide bonds. The summed E-state index contributed by atoms with van der Waals surface area (Å²) in [6, 6.07) is 3.71. The van der Waals surface area contributed by atoms with E-state index < -0.39 is 0 Å². The second-order valence-electron chi connectivity index (χ2n) is 7.62. The smallest absolute Gasteiger partial charge is 0.250 e. The van der Waals surface area contributed by atoms with Gasteiger partial charge in [0.2, 0.25) is 0 Å². The predicted molar refractivity (Wildman–Crippen MR) is 79.2 cm³/mol. The topological polar surface area (TPSA) is 48.0 Å². The maximum absolute atomic E-state index is 12.2. The van der Waals surface area contributed by atoms with E-state index in [1.165, 1.54) is 38.5 Å². The van der Waals surface area contributed by atoms with E-state index in [1.54, 1.807) is 6.07 Å². The summed E-state index contributed by atoms with van der Waals surface area (Å²) in [6.45, 7) is 1.38. The molecule has 1 aromatic rings. The zero-order valence-electron chi connectivity index (χ0n) is 12.1. The molecular formula is C17H24N2O. The molecule has 2 N–H and O–H groups in total. The molecule has 0 unspecified atom stereocenters. The molecule has 0 saturated heterocycles. The molecule has 0 spiro atoms. The van der Waals surface area contributed by atoms with Crippen LogP contribution in [-0.4, -0.2) is 4.57 Å². The number of hydrogen-bond donors (Lipinski definition) is 1. The first kappa shape index (κ1) is 12.6. The monoisotopic (exact) mass is 272 g/mol. The predicted octanol–water partition coefficient (Wildman–Crippen LogP) is 2.52. The lowest BCUT2D eigenvalue weighted by molar-refractivity contribution is -0.0623. The van der Waals surface area contributed by atoms with Crippen LogP contribution in [0.25, 0.3) is 0 Å². The third-order valence-electron chi connectivity index (χ3n) is 5.97. The number of hydrogen-bond acceptors (Lipinski definition) is 2. The van der Waals surface area contributed by atoms with Gasteiger partial charge < -0.3 is 10.3 Å². The molecule has 0 radical (unpaired) electrons. The van der Waals surface area contributed by atoms with E-state index in [2.05, 4.69) is 0 Å². The summed E-state index contributed by atoms with van der Waals surface area (Å²) in [5.74, 6) is 2.83. The van der Waals surface area contributed by atoms with Crippen LogP contribution in [0.3, 0.4) is 0 Å². The maximum atomic E-state index is 12.2. The van der Waals surface area contributed by atoms with Crippen LogP contribution in [0.1, 0.15) is 44.1 Å². The normalized spacial score (nSPS) is 38.4. The molecule has 4 fully saturated rings. The first-order chi connectivity index (χ1) is 9.66. The quantitative estimate of drug-likeness (QED) is 0.919. The van der Waals surface area contributed by atoms with Gasteiger partial charge in [0, 0.05) is 25.4 Å². The van der Waals surface area contributed by atoms with Gasteiger partial charge in [-0.1, -0.05) is 0 Å². The van der Waals surface area contributed by atoms with Gasteiger partial charge in [-0.25, -0.2) is 0 Å². The molecule has 108 valence electrons. The summed E-state index contributed by atoms with van der Waals surface area (Å²) < 4.78 is 1.94. The second kappa shape index (κ2) is 4.45. The van der Waals surface area contributed by atoms with Crippen LogP contribution < -0.4 is 11.3 Å². The van der Waals surface area contributed by atoms with Crippen molar-refractivity contribution in [2.75, 3.05) is 0 Å². The van der Waals surface area contributed by atoms with Gasteiger partial charge in [-0.15, -0.1) is 0 Å². The zero-order chi connectivity index (χ0) is 13.7. The molecule has 4 aliphatic rings. The highest BCUT2D eigenvalue weighted by atomic mass is 16.1. The minimum absolute atomic E-state index is 0.128. The van der Waals surface area contributed by atoms with Gasteiger partial charge >= 0.3 is 0 Å². The molecule has 4 saturated carbocycles. The number of pyridine rings is 1. The van der Waals surface area contributed by atoms with Crippen molar-refractivity contribution in [3.05, 3.63) is 34.2 Å². The van der Waals surface area contributed by atoms with Crippen LogP contribution in [0.2, 0.25) is 0 Å². The first-order valence-electron chi connectivity index (χ1n) is 8.05. The fourth-order valence-electron chi connectivity index (χ4n) is 5.65. The molecule has 3 heteroatoms. The van der Waals surface area contributed by atoms with E-state index in [0.29, 0.717) is 12.0 Å². The minimum Gasteiger partial charge on any atom is -0.326 e. The van der Waals surface area contributed by atoms with Gasteiger partial charge in [0.25, 0.3) is 5.56 Å². The molecule has 5 rings (SSSR count). The summed E-state index contributed by atoms with van der Waals surface area (Å²) in [7, 11) is 0. The van der Waals surface area contributed by atoms with Gasteiger partial charge in [-0.05, 0) is 73.3 Å². The molecule has 0 atom stereocenters. The number of rotatable bonds is 3.